The summed E-state index contributed by atoms with van der Waals surface area (Å²) in [6.07, 6.45) is 9.58. The van der Waals surface area contributed by atoms with E-state index in [2.05, 4.69) is 46.8 Å². The number of rotatable bonds is 8. The van der Waals surface area contributed by atoms with Gasteiger partial charge >= 0.3 is 5.97 Å². The van der Waals surface area contributed by atoms with Gasteiger partial charge in [-0.05, 0) is 85.2 Å². The zero-order valence-electron chi connectivity index (χ0n) is 22.9. The third-order valence-corrected chi connectivity index (χ3v) is 10.0. The molecule has 5 nitrogen and oxygen atoms in total. The molecule has 2 saturated carbocycles. The van der Waals surface area contributed by atoms with Crippen molar-refractivity contribution in [2.45, 2.75) is 99.2 Å². The second-order valence-corrected chi connectivity index (χ2v) is 12.6. The largest absolute Gasteiger partial charge is 0.466 e. The van der Waals surface area contributed by atoms with Gasteiger partial charge in [0.05, 0.1) is 18.8 Å². The molecule has 5 heteroatoms. The molecule has 0 spiro atoms. The van der Waals surface area contributed by atoms with Crippen LogP contribution in [0.2, 0.25) is 0 Å². The molecule has 3 aliphatic rings. The van der Waals surface area contributed by atoms with E-state index in [0.29, 0.717) is 56.0 Å². The zero-order chi connectivity index (χ0) is 26.1. The normalized spacial score (nSPS) is 39.4. The predicted octanol–water partition coefficient (Wildman–Crippen LogP) is 5.49. The van der Waals surface area contributed by atoms with E-state index in [1.807, 2.05) is 13.0 Å². The van der Waals surface area contributed by atoms with Crippen molar-refractivity contribution in [2.75, 3.05) is 6.61 Å². The first-order valence-electron chi connectivity index (χ1n) is 13.8. The number of carbonyl (C=O) groups is 2. The molecule has 198 valence electrons. The van der Waals surface area contributed by atoms with Gasteiger partial charge in [0.1, 0.15) is 0 Å². The van der Waals surface area contributed by atoms with Crippen LogP contribution in [0.15, 0.2) is 23.8 Å². The fourth-order valence-corrected chi connectivity index (χ4v) is 7.22. The second-order valence-electron chi connectivity index (χ2n) is 12.6. The Bertz CT molecular complexity index is 844. The van der Waals surface area contributed by atoms with E-state index in [-0.39, 0.29) is 29.0 Å². The lowest BCUT2D eigenvalue weighted by atomic mass is 9.55. The molecule has 2 N–H and O–H groups in total. The molecule has 2 fully saturated rings. The topological polar surface area (TPSA) is 83.8 Å². The summed E-state index contributed by atoms with van der Waals surface area (Å²) in [5.74, 6) is 1.43. The van der Waals surface area contributed by atoms with Crippen LogP contribution in [0, 0.1) is 46.3 Å². The maximum Gasteiger partial charge on any atom is 0.302 e. The lowest BCUT2D eigenvalue weighted by Crippen LogP contribution is -2.52. The number of Topliss-reactive ketones (excluding diaryl/α,β-unsaturated/α-hetero) is 1. The quantitative estimate of drug-likeness (QED) is 0.348. The van der Waals surface area contributed by atoms with Gasteiger partial charge in [-0.1, -0.05) is 53.7 Å². The molecule has 0 heterocycles. The summed E-state index contributed by atoms with van der Waals surface area (Å²) in [4.78, 5) is 25.5. The number of hydrogen-bond donors (Lipinski definition) is 2. The highest BCUT2D eigenvalue weighted by Gasteiger charge is 2.56. The molecule has 0 aromatic carbocycles. The van der Waals surface area contributed by atoms with E-state index in [1.165, 1.54) is 6.92 Å². The lowest BCUT2D eigenvalue weighted by Gasteiger charge is -2.49. The van der Waals surface area contributed by atoms with Crippen molar-refractivity contribution in [1.29, 1.82) is 0 Å². The molecule has 0 aliphatic heterocycles. The van der Waals surface area contributed by atoms with Crippen molar-refractivity contribution < 1.29 is 24.5 Å². The minimum Gasteiger partial charge on any atom is -0.466 e. The van der Waals surface area contributed by atoms with E-state index >= 15 is 0 Å². The van der Waals surface area contributed by atoms with Gasteiger partial charge in [-0.2, -0.15) is 0 Å². The number of ketones is 1. The van der Waals surface area contributed by atoms with Crippen molar-refractivity contribution >= 4 is 11.8 Å². The van der Waals surface area contributed by atoms with Crippen molar-refractivity contribution in [1.82, 2.24) is 0 Å². The van der Waals surface area contributed by atoms with Crippen molar-refractivity contribution in [3.63, 3.8) is 0 Å². The van der Waals surface area contributed by atoms with Crippen LogP contribution in [-0.4, -0.2) is 40.8 Å². The third-order valence-electron chi connectivity index (χ3n) is 10.0. The smallest absolute Gasteiger partial charge is 0.302 e. The summed E-state index contributed by atoms with van der Waals surface area (Å²) in [6, 6.07) is 0. The number of esters is 1. The van der Waals surface area contributed by atoms with Gasteiger partial charge < -0.3 is 14.9 Å². The monoisotopic (exact) mass is 488 g/mol. The Morgan fingerprint density at radius 3 is 2.46 bits per heavy atom. The van der Waals surface area contributed by atoms with Gasteiger partial charge in [-0.25, -0.2) is 0 Å². The Morgan fingerprint density at radius 1 is 1.14 bits per heavy atom. The Balaban J connectivity index is 1.93. The van der Waals surface area contributed by atoms with Crippen molar-refractivity contribution in [2.24, 2.45) is 46.3 Å². The standard InChI is InChI=1S/C30H48O5/c1-18(2)19(3)8-9-20(4)24-10-11-25(29(24,6)14-15-35-21(5)31)23-17-27(33)26-16-22(32)12-13-30(26,7)28(23)34/h8-9,17-20,22,24-27,32-33H,10-16H2,1-7H3/t19?,20-,22+,24-,25+,26-,27+,29-,30+/m1/s1. The highest BCUT2D eigenvalue weighted by Crippen LogP contribution is 2.59. The maximum atomic E-state index is 14.0. The fourth-order valence-electron chi connectivity index (χ4n) is 7.22. The molecule has 0 radical (unpaired) electrons. The Morgan fingerprint density at radius 2 is 1.83 bits per heavy atom. The van der Waals surface area contributed by atoms with E-state index in [9.17, 15) is 19.8 Å². The van der Waals surface area contributed by atoms with Gasteiger partial charge in [-0.15, -0.1) is 0 Å². The van der Waals surface area contributed by atoms with Crippen LogP contribution < -0.4 is 0 Å². The van der Waals surface area contributed by atoms with Crippen LogP contribution in [0.25, 0.3) is 0 Å². The molecule has 3 rings (SSSR count). The van der Waals surface area contributed by atoms with Crippen LogP contribution in [0.1, 0.15) is 87.0 Å². The van der Waals surface area contributed by atoms with Crippen LogP contribution >= 0.6 is 0 Å². The summed E-state index contributed by atoms with van der Waals surface area (Å²) < 4.78 is 5.39. The Kier molecular flexibility index (Phi) is 8.74. The summed E-state index contributed by atoms with van der Waals surface area (Å²) in [5.41, 5.74) is -0.0819. The molecule has 0 bridgehead atoms. The van der Waals surface area contributed by atoms with Gasteiger partial charge in [0.15, 0.2) is 5.78 Å². The molecule has 1 unspecified atom stereocenters. The average molecular weight is 489 g/mol. The zero-order valence-corrected chi connectivity index (χ0v) is 22.9. The van der Waals surface area contributed by atoms with Crippen LogP contribution in [0.4, 0.5) is 0 Å². The minimum atomic E-state index is -0.719. The van der Waals surface area contributed by atoms with Crippen molar-refractivity contribution in [3.8, 4) is 0 Å². The number of allylic oxidation sites excluding steroid dienone is 3. The highest BCUT2D eigenvalue weighted by atomic mass is 16.5. The number of aliphatic hydroxyl groups excluding tert-OH is 2. The van der Waals surface area contributed by atoms with Gasteiger partial charge in [0.25, 0.3) is 0 Å². The SMILES string of the molecule is CC(=O)OCC[C@]1(C)[C@@H]([C@H](C)C=CC(C)C(C)C)CC[C@H]1C1=C[C@H](O)[C@H]2C[C@@H](O)CC[C@]2(C)C1=O. The highest BCUT2D eigenvalue weighted by molar-refractivity contribution is 6.01. The number of carbonyl (C=O) groups excluding carboxylic acids is 2. The van der Waals surface area contributed by atoms with Crippen LogP contribution in [0.3, 0.4) is 0 Å². The average Bonchev–Trinajstić information content (AvgIpc) is 3.12. The van der Waals surface area contributed by atoms with Crippen LogP contribution in [-0.2, 0) is 14.3 Å². The first-order chi connectivity index (χ1) is 16.3. The summed E-state index contributed by atoms with van der Waals surface area (Å²) in [6.45, 7) is 15.0. The first kappa shape index (κ1) is 28.1. The molecule has 9 atom stereocenters. The Hall–Kier alpha value is -1.46. The lowest BCUT2D eigenvalue weighted by molar-refractivity contribution is -0.143. The van der Waals surface area contributed by atoms with Gasteiger partial charge in [-0.3, -0.25) is 9.59 Å². The van der Waals surface area contributed by atoms with E-state index in [1.54, 1.807) is 0 Å². The molecule has 3 aliphatic carbocycles. The maximum absolute atomic E-state index is 14.0. The molecule has 0 amide bonds. The van der Waals surface area contributed by atoms with Gasteiger partial charge in [0, 0.05) is 18.3 Å². The molecule has 0 aromatic rings. The van der Waals surface area contributed by atoms with E-state index in [4.69, 9.17) is 4.74 Å². The Labute approximate surface area is 212 Å². The predicted molar refractivity (Wildman–Crippen MR) is 138 cm³/mol. The first-order valence-corrected chi connectivity index (χ1v) is 13.8. The summed E-state index contributed by atoms with van der Waals surface area (Å²) in [7, 11) is 0. The van der Waals surface area contributed by atoms with E-state index in [0.717, 1.165) is 18.4 Å². The fraction of sp³-hybridized carbons (Fsp3) is 0.800. The molecular weight excluding hydrogens is 440 g/mol. The number of fused-ring (bicyclic) bond motifs is 1. The van der Waals surface area contributed by atoms with Crippen molar-refractivity contribution in [3.05, 3.63) is 23.8 Å². The van der Waals surface area contributed by atoms with Gasteiger partial charge in [0.2, 0.25) is 0 Å². The molecule has 0 saturated heterocycles. The summed E-state index contributed by atoms with van der Waals surface area (Å²) >= 11 is 0. The van der Waals surface area contributed by atoms with Crippen LogP contribution in [0.5, 0.6) is 0 Å². The number of ether oxygens (including phenoxy) is 1. The van der Waals surface area contributed by atoms with E-state index < -0.39 is 17.6 Å². The minimum absolute atomic E-state index is 0.0215. The number of aliphatic hydroxyl groups is 2. The second kappa shape index (κ2) is 10.9. The molecule has 0 aromatic heterocycles. The molecule has 35 heavy (non-hydrogen) atoms. The third kappa shape index (κ3) is 5.61. The summed E-state index contributed by atoms with van der Waals surface area (Å²) in [5, 5.41) is 21.3. The number of hydrogen-bond acceptors (Lipinski definition) is 5. The molecular formula is C30H48O5.